The van der Waals surface area contributed by atoms with E-state index in [1.807, 2.05) is 6.92 Å². The van der Waals surface area contributed by atoms with Crippen molar-refractivity contribution in [3.8, 4) is 0 Å². The van der Waals surface area contributed by atoms with Crippen LogP contribution in [0.1, 0.15) is 24.2 Å². The van der Waals surface area contributed by atoms with Crippen LogP contribution in [-0.4, -0.2) is 16.7 Å². The Bertz CT molecular complexity index is 312. The van der Waals surface area contributed by atoms with E-state index in [1.165, 1.54) is 0 Å². The summed E-state index contributed by atoms with van der Waals surface area (Å²) in [7, 11) is 0. The minimum absolute atomic E-state index is 0.0355. The van der Waals surface area contributed by atoms with E-state index in [-0.39, 0.29) is 11.6 Å². The molecule has 0 fully saturated rings. The van der Waals surface area contributed by atoms with E-state index in [9.17, 15) is 4.79 Å². The summed E-state index contributed by atoms with van der Waals surface area (Å²) in [5.74, 6) is 0. The Morgan fingerprint density at radius 3 is 3.00 bits per heavy atom. The molecule has 0 bridgehead atoms. The molecule has 0 saturated carbocycles. The molecule has 4 heteroatoms. The molecule has 1 aliphatic rings. The fourth-order valence-corrected chi connectivity index (χ4v) is 1.53. The normalized spacial score (nSPS) is 23.2. The first-order valence-electron chi connectivity index (χ1n) is 3.82. The minimum atomic E-state index is 0.0355. The average molecular weight is 153 g/mol. The van der Waals surface area contributed by atoms with Gasteiger partial charge < -0.3 is 10.4 Å². The van der Waals surface area contributed by atoms with Crippen LogP contribution in [0.5, 0.6) is 0 Å². The quantitative estimate of drug-likeness (QED) is 0.488. The molecular formula is C7H11N3O. The molecule has 0 aliphatic carbocycles. The van der Waals surface area contributed by atoms with Crippen molar-refractivity contribution in [2.24, 2.45) is 0 Å². The Kier molecular flexibility index (Phi) is 1.35. The Morgan fingerprint density at radius 2 is 2.27 bits per heavy atom. The summed E-state index contributed by atoms with van der Waals surface area (Å²) in [5.41, 5.74) is 1.96. The standard InChI is InChI=1S/C7H11N3O/c1-4-6-5(2-3-8-4)7(11)10-9-6/h4,8H,2-3H2,1H3,(H2,9,10,11)/t4-/m1/s1. The van der Waals surface area contributed by atoms with Crippen molar-refractivity contribution in [2.75, 3.05) is 6.54 Å². The molecule has 60 valence electrons. The Hall–Kier alpha value is -1.03. The number of hydrogen-bond donors (Lipinski definition) is 3. The van der Waals surface area contributed by atoms with Crippen LogP contribution in [0, 0.1) is 0 Å². The Morgan fingerprint density at radius 1 is 1.45 bits per heavy atom. The van der Waals surface area contributed by atoms with E-state index in [1.54, 1.807) is 0 Å². The smallest absolute Gasteiger partial charge is 0.267 e. The van der Waals surface area contributed by atoms with Crippen molar-refractivity contribution in [3.63, 3.8) is 0 Å². The van der Waals surface area contributed by atoms with E-state index >= 15 is 0 Å². The number of H-pyrrole nitrogens is 2. The van der Waals surface area contributed by atoms with Gasteiger partial charge in [-0.2, -0.15) is 0 Å². The van der Waals surface area contributed by atoms with Crippen molar-refractivity contribution >= 4 is 0 Å². The van der Waals surface area contributed by atoms with Crippen LogP contribution in [0.25, 0.3) is 0 Å². The van der Waals surface area contributed by atoms with Gasteiger partial charge in [0, 0.05) is 18.2 Å². The summed E-state index contributed by atoms with van der Waals surface area (Å²) in [6.45, 7) is 2.94. The van der Waals surface area contributed by atoms with Gasteiger partial charge in [-0.3, -0.25) is 9.89 Å². The number of rotatable bonds is 0. The highest BCUT2D eigenvalue weighted by Gasteiger charge is 2.19. The van der Waals surface area contributed by atoms with Crippen LogP contribution in [-0.2, 0) is 6.42 Å². The van der Waals surface area contributed by atoms with E-state index in [0.29, 0.717) is 0 Å². The first kappa shape index (κ1) is 6.67. The summed E-state index contributed by atoms with van der Waals surface area (Å²) >= 11 is 0. The highest BCUT2D eigenvalue weighted by atomic mass is 16.1. The number of nitrogens with one attached hydrogen (secondary N) is 3. The lowest BCUT2D eigenvalue weighted by molar-refractivity contribution is 0.529. The van der Waals surface area contributed by atoms with E-state index in [4.69, 9.17) is 0 Å². The van der Waals surface area contributed by atoms with Crippen molar-refractivity contribution in [1.29, 1.82) is 0 Å². The zero-order chi connectivity index (χ0) is 7.84. The molecule has 0 aromatic carbocycles. The van der Waals surface area contributed by atoms with Gasteiger partial charge in [-0.25, -0.2) is 0 Å². The van der Waals surface area contributed by atoms with Crippen LogP contribution in [0.3, 0.4) is 0 Å². The fourth-order valence-electron chi connectivity index (χ4n) is 1.53. The van der Waals surface area contributed by atoms with Crippen LogP contribution >= 0.6 is 0 Å². The maximum absolute atomic E-state index is 11.1. The minimum Gasteiger partial charge on any atom is -0.309 e. The highest BCUT2D eigenvalue weighted by Crippen LogP contribution is 2.15. The number of aromatic nitrogens is 2. The van der Waals surface area contributed by atoms with Gasteiger partial charge in [-0.15, -0.1) is 0 Å². The predicted molar refractivity (Wildman–Crippen MR) is 41.5 cm³/mol. The average Bonchev–Trinajstić information content (AvgIpc) is 2.35. The predicted octanol–water partition coefficient (Wildman–Crippen LogP) is -0.0903. The summed E-state index contributed by atoms with van der Waals surface area (Å²) in [4.78, 5) is 11.1. The lowest BCUT2D eigenvalue weighted by Gasteiger charge is -2.18. The van der Waals surface area contributed by atoms with Crippen LogP contribution < -0.4 is 10.9 Å². The zero-order valence-corrected chi connectivity index (χ0v) is 6.40. The Balaban J connectivity index is 2.55. The van der Waals surface area contributed by atoms with Crippen molar-refractivity contribution in [2.45, 2.75) is 19.4 Å². The van der Waals surface area contributed by atoms with Crippen molar-refractivity contribution in [1.82, 2.24) is 15.5 Å². The van der Waals surface area contributed by atoms with Gasteiger partial charge in [0.15, 0.2) is 0 Å². The van der Waals surface area contributed by atoms with E-state index in [2.05, 4.69) is 15.5 Å². The maximum Gasteiger partial charge on any atom is 0.267 e. The summed E-state index contributed by atoms with van der Waals surface area (Å²) < 4.78 is 0. The SMILES string of the molecule is C[C@H]1NCCc2c1[nH][nH]c2=O. The molecule has 0 amide bonds. The first-order valence-corrected chi connectivity index (χ1v) is 3.82. The van der Waals surface area contributed by atoms with Gasteiger partial charge in [0.05, 0.1) is 5.69 Å². The molecule has 1 aliphatic heterocycles. The van der Waals surface area contributed by atoms with Crippen LogP contribution in [0.4, 0.5) is 0 Å². The largest absolute Gasteiger partial charge is 0.309 e. The summed E-state index contributed by atoms with van der Waals surface area (Å²) in [6, 6.07) is 0.276. The molecule has 2 rings (SSSR count). The van der Waals surface area contributed by atoms with Gasteiger partial charge in [0.1, 0.15) is 0 Å². The molecule has 4 nitrogen and oxygen atoms in total. The molecular weight excluding hydrogens is 142 g/mol. The second-order valence-corrected chi connectivity index (χ2v) is 2.90. The molecule has 2 heterocycles. The lowest BCUT2D eigenvalue weighted by atomic mass is 10.0. The second-order valence-electron chi connectivity index (χ2n) is 2.90. The Labute approximate surface area is 64.0 Å². The van der Waals surface area contributed by atoms with Gasteiger partial charge >= 0.3 is 0 Å². The van der Waals surface area contributed by atoms with E-state index < -0.39 is 0 Å². The molecule has 11 heavy (non-hydrogen) atoms. The molecule has 0 radical (unpaired) electrons. The molecule has 0 spiro atoms. The zero-order valence-electron chi connectivity index (χ0n) is 6.40. The number of aromatic amines is 2. The van der Waals surface area contributed by atoms with Gasteiger partial charge in [0.2, 0.25) is 0 Å². The van der Waals surface area contributed by atoms with Gasteiger partial charge in [-0.1, -0.05) is 0 Å². The lowest BCUT2D eigenvalue weighted by Crippen LogP contribution is -2.29. The van der Waals surface area contributed by atoms with Gasteiger partial charge in [0.25, 0.3) is 5.56 Å². The van der Waals surface area contributed by atoms with Crippen molar-refractivity contribution < 1.29 is 0 Å². The van der Waals surface area contributed by atoms with Crippen LogP contribution in [0.15, 0.2) is 4.79 Å². The molecule has 1 aromatic heterocycles. The van der Waals surface area contributed by atoms with E-state index in [0.717, 1.165) is 24.2 Å². The number of fused-ring (bicyclic) bond motifs is 1. The fraction of sp³-hybridized carbons (Fsp3) is 0.571. The summed E-state index contributed by atoms with van der Waals surface area (Å²) in [6.07, 6.45) is 0.832. The van der Waals surface area contributed by atoms with Crippen molar-refractivity contribution in [3.05, 3.63) is 21.6 Å². The third-order valence-electron chi connectivity index (χ3n) is 2.17. The molecule has 0 saturated heterocycles. The first-order chi connectivity index (χ1) is 5.29. The molecule has 3 N–H and O–H groups in total. The van der Waals surface area contributed by atoms with Gasteiger partial charge in [-0.05, 0) is 13.3 Å². The number of hydrogen-bond acceptors (Lipinski definition) is 2. The third-order valence-corrected chi connectivity index (χ3v) is 2.17. The maximum atomic E-state index is 11.1. The van der Waals surface area contributed by atoms with Crippen LogP contribution in [0.2, 0.25) is 0 Å². The second kappa shape index (κ2) is 2.23. The topological polar surface area (TPSA) is 60.7 Å². The highest BCUT2D eigenvalue weighted by molar-refractivity contribution is 5.22. The molecule has 1 aromatic rings. The molecule has 1 atom stereocenters. The monoisotopic (exact) mass is 153 g/mol. The summed E-state index contributed by atoms with van der Waals surface area (Å²) in [5, 5.41) is 8.73. The third kappa shape index (κ3) is 0.903. The molecule has 0 unspecified atom stereocenters.